The first-order valence-corrected chi connectivity index (χ1v) is 6.70. The molecule has 2 nitrogen and oxygen atoms in total. The standard InChI is InChI=1S/C15H18FNO/c1-10(14-4-2-3-5-15(14)16)17-11-6-7-12(17)9-13(18)8-11/h2-5,10-12H,6-9H2,1H3. The SMILES string of the molecule is CC(c1ccccc1F)N1C2CCC1CC(=O)C2. The molecule has 2 fully saturated rings. The van der Waals surface area contributed by atoms with Gasteiger partial charge in [0.1, 0.15) is 11.6 Å². The number of benzene rings is 1. The summed E-state index contributed by atoms with van der Waals surface area (Å²) < 4.78 is 13.9. The largest absolute Gasteiger partial charge is 0.300 e. The molecule has 0 spiro atoms. The average Bonchev–Trinajstić information content (AvgIpc) is 2.61. The fraction of sp³-hybridized carbons (Fsp3) is 0.533. The van der Waals surface area contributed by atoms with E-state index in [0.29, 0.717) is 30.7 Å². The number of rotatable bonds is 2. The predicted molar refractivity (Wildman–Crippen MR) is 67.7 cm³/mol. The van der Waals surface area contributed by atoms with E-state index in [-0.39, 0.29) is 11.9 Å². The molecular formula is C15H18FNO. The third-order valence-corrected chi connectivity index (χ3v) is 4.41. The van der Waals surface area contributed by atoms with Crippen molar-refractivity contribution in [3.63, 3.8) is 0 Å². The van der Waals surface area contributed by atoms with Crippen LogP contribution in [-0.4, -0.2) is 22.8 Å². The Balaban J connectivity index is 1.88. The molecule has 0 aliphatic carbocycles. The Morgan fingerprint density at radius 2 is 1.83 bits per heavy atom. The van der Waals surface area contributed by atoms with E-state index in [1.54, 1.807) is 6.07 Å². The van der Waals surface area contributed by atoms with E-state index in [1.807, 2.05) is 12.1 Å². The van der Waals surface area contributed by atoms with E-state index in [2.05, 4.69) is 11.8 Å². The Kier molecular flexibility index (Phi) is 2.94. The lowest BCUT2D eigenvalue weighted by molar-refractivity contribution is -0.124. The van der Waals surface area contributed by atoms with Crippen LogP contribution in [0.25, 0.3) is 0 Å². The molecule has 96 valence electrons. The van der Waals surface area contributed by atoms with Gasteiger partial charge in [0.05, 0.1) is 0 Å². The third kappa shape index (κ3) is 1.87. The molecule has 18 heavy (non-hydrogen) atoms. The van der Waals surface area contributed by atoms with Crippen LogP contribution in [0.5, 0.6) is 0 Å². The van der Waals surface area contributed by atoms with Gasteiger partial charge in [0.15, 0.2) is 0 Å². The van der Waals surface area contributed by atoms with Crippen molar-refractivity contribution in [1.82, 2.24) is 4.90 Å². The van der Waals surface area contributed by atoms with E-state index < -0.39 is 0 Å². The van der Waals surface area contributed by atoms with Crippen molar-refractivity contribution in [1.29, 1.82) is 0 Å². The molecule has 2 aliphatic rings. The van der Waals surface area contributed by atoms with Gasteiger partial charge in [0, 0.05) is 36.5 Å². The van der Waals surface area contributed by atoms with Crippen molar-refractivity contribution in [2.45, 2.75) is 50.7 Å². The molecule has 0 N–H and O–H groups in total. The highest BCUT2D eigenvalue weighted by Gasteiger charge is 2.42. The number of carbonyl (C=O) groups excluding carboxylic acids is 1. The minimum atomic E-state index is -0.138. The smallest absolute Gasteiger partial charge is 0.136 e. The average molecular weight is 247 g/mol. The van der Waals surface area contributed by atoms with Crippen LogP contribution >= 0.6 is 0 Å². The molecule has 2 saturated heterocycles. The summed E-state index contributed by atoms with van der Waals surface area (Å²) in [6, 6.07) is 7.69. The fourth-order valence-corrected chi connectivity index (χ4v) is 3.61. The first-order chi connectivity index (χ1) is 8.66. The van der Waals surface area contributed by atoms with Crippen LogP contribution in [0.3, 0.4) is 0 Å². The van der Waals surface area contributed by atoms with Crippen LogP contribution in [0.2, 0.25) is 0 Å². The number of ketones is 1. The highest BCUT2D eigenvalue weighted by atomic mass is 19.1. The topological polar surface area (TPSA) is 20.3 Å². The number of Topliss-reactive ketones (excluding diaryl/α,β-unsaturated/α-hetero) is 1. The molecule has 0 amide bonds. The molecule has 2 heterocycles. The van der Waals surface area contributed by atoms with Gasteiger partial charge >= 0.3 is 0 Å². The maximum Gasteiger partial charge on any atom is 0.136 e. The Morgan fingerprint density at radius 1 is 1.22 bits per heavy atom. The molecule has 3 rings (SSSR count). The first kappa shape index (κ1) is 11.8. The van der Waals surface area contributed by atoms with Crippen LogP contribution in [0.4, 0.5) is 4.39 Å². The van der Waals surface area contributed by atoms with Crippen LogP contribution in [0.15, 0.2) is 24.3 Å². The maximum atomic E-state index is 13.9. The summed E-state index contributed by atoms with van der Waals surface area (Å²) in [5.41, 5.74) is 0.753. The lowest BCUT2D eigenvalue weighted by Gasteiger charge is -2.38. The molecule has 1 aromatic carbocycles. The van der Waals surface area contributed by atoms with E-state index in [1.165, 1.54) is 6.07 Å². The Hall–Kier alpha value is -1.22. The van der Waals surface area contributed by atoms with Gasteiger partial charge in [-0.2, -0.15) is 0 Å². The van der Waals surface area contributed by atoms with Crippen LogP contribution in [0.1, 0.15) is 44.2 Å². The maximum absolute atomic E-state index is 13.9. The zero-order valence-electron chi connectivity index (χ0n) is 10.6. The van der Waals surface area contributed by atoms with E-state index in [9.17, 15) is 9.18 Å². The highest BCUT2D eigenvalue weighted by molar-refractivity contribution is 5.81. The van der Waals surface area contributed by atoms with Gasteiger partial charge in [-0.3, -0.25) is 9.69 Å². The minimum Gasteiger partial charge on any atom is -0.300 e. The summed E-state index contributed by atoms with van der Waals surface area (Å²) in [6.07, 6.45) is 3.45. The van der Waals surface area contributed by atoms with Crippen LogP contribution < -0.4 is 0 Å². The second-order valence-corrected chi connectivity index (χ2v) is 5.48. The number of carbonyl (C=O) groups is 1. The number of hydrogen-bond donors (Lipinski definition) is 0. The molecular weight excluding hydrogens is 229 g/mol. The summed E-state index contributed by atoms with van der Waals surface area (Å²) in [7, 11) is 0. The monoisotopic (exact) mass is 247 g/mol. The van der Waals surface area contributed by atoms with E-state index >= 15 is 0 Å². The predicted octanol–water partition coefficient (Wildman–Crippen LogP) is 3.08. The van der Waals surface area contributed by atoms with Crippen molar-refractivity contribution in [2.24, 2.45) is 0 Å². The second-order valence-electron chi connectivity index (χ2n) is 5.48. The number of fused-ring (bicyclic) bond motifs is 2. The van der Waals surface area contributed by atoms with E-state index in [4.69, 9.17) is 0 Å². The molecule has 2 aliphatic heterocycles. The van der Waals surface area contributed by atoms with Crippen molar-refractivity contribution < 1.29 is 9.18 Å². The quantitative estimate of drug-likeness (QED) is 0.800. The number of hydrogen-bond acceptors (Lipinski definition) is 2. The first-order valence-electron chi connectivity index (χ1n) is 6.70. The molecule has 0 radical (unpaired) electrons. The number of halogens is 1. The summed E-state index contributed by atoms with van der Waals surface area (Å²) in [5.74, 6) is 0.237. The normalized spacial score (nSPS) is 29.6. The molecule has 3 atom stereocenters. The summed E-state index contributed by atoms with van der Waals surface area (Å²) in [5, 5.41) is 0. The third-order valence-electron chi connectivity index (χ3n) is 4.41. The van der Waals surface area contributed by atoms with Gasteiger partial charge in [0.25, 0.3) is 0 Å². The zero-order chi connectivity index (χ0) is 12.7. The van der Waals surface area contributed by atoms with E-state index in [0.717, 1.165) is 18.4 Å². The zero-order valence-corrected chi connectivity index (χ0v) is 10.6. The van der Waals surface area contributed by atoms with Gasteiger partial charge in [-0.25, -0.2) is 4.39 Å². The van der Waals surface area contributed by atoms with Gasteiger partial charge < -0.3 is 0 Å². The van der Waals surface area contributed by atoms with Gasteiger partial charge in [0.2, 0.25) is 0 Å². The van der Waals surface area contributed by atoms with Crippen LogP contribution in [-0.2, 0) is 4.79 Å². The van der Waals surface area contributed by atoms with Crippen LogP contribution in [0, 0.1) is 5.82 Å². The molecule has 0 saturated carbocycles. The van der Waals surface area contributed by atoms with Crippen molar-refractivity contribution in [2.75, 3.05) is 0 Å². The van der Waals surface area contributed by atoms with Gasteiger partial charge in [-0.05, 0) is 25.8 Å². The van der Waals surface area contributed by atoms with Crippen molar-refractivity contribution >= 4 is 5.78 Å². The Bertz CT molecular complexity index is 457. The lowest BCUT2D eigenvalue weighted by Crippen LogP contribution is -2.44. The fourth-order valence-electron chi connectivity index (χ4n) is 3.61. The van der Waals surface area contributed by atoms with Gasteiger partial charge in [-0.1, -0.05) is 18.2 Å². The Morgan fingerprint density at radius 3 is 2.44 bits per heavy atom. The lowest BCUT2D eigenvalue weighted by atomic mass is 9.96. The van der Waals surface area contributed by atoms with Crippen molar-refractivity contribution in [3.8, 4) is 0 Å². The molecule has 1 aromatic rings. The minimum absolute atomic E-state index is 0.0665. The summed E-state index contributed by atoms with van der Waals surface area (Å²) >= 11 is 0. The highest BCUT2D eigenvalue weighted by Crippen LogP contribution is 2.40. The summed E-state index contributed by atoms with van der Waals surface area (Å²) in [6.45, 7) is 2.06. The molecule has 0 aromatic heterocycles. The molecule has 3 unspecified atom stereocenters. The Labute approximate surface area is 107 Å². The molecule has 3 heteroatoms. The molecule has 2 bridgehead atoms. The summed E-state index contributed by atoms with van der Waals surface area (Å²) in [4.78, 5) is 14.0. The number of nitrogens with zero attached hydrogens (tertiary/aromatic N) is 1. The second kappa shape index (κ2) is 4.47. The van der Waals surface area contributed by atoms with Crippen molar-refractivity contribution in [3.05, 3.63) is 35.6 Å². The van der Waals surface area contributed by atoms with Gasteiger partial charge in [-0.15, -0.1) is 0 Å². The number of piperidine rings is 1.